The highest BCUT2D eigenvalue weighted by Gasteiger charge is 2.30. The van der Waals surface area contributed by atoms with E-state index < -0.39 is 0 Å². The van der Waals surface area contributed by atoms with Crippen molar-refractivity contribution in [2.45, 2.75) is 33.4 Å². The molecule has 1 saturated heterocycles. The lowest BCUT2D eigenvalue weighted by Gasteiger charge is -2.32. The molecular formula is C22H24N2O3S. The van der Waals surface area contributed by atoms with Crippen LogP contribution in [0.1, 0.15) is 48.3 Å². The maximum atomic E-state index is 12.9. The van der Waals surface area contributed by atoms with Gasteiger partial charge in [0.15, 0.2) is 0 Å². The van der Waals surface area contributed by atoms with E-state index in [-0.39, 0.29) is 40.8 Å². The van der Waals surface area contributed by atoms with Crippen LogP contribution in [0.5, 0.6) is 0 Å². The van der Waals surface area contributed by atoms with E-state index in [0.717, 1.165) is 22.9 Å². The van der Waals surface area contributed by atoms with Crippen LogP contribution in [0.4, 0.5) is 4.79 Å². The van der Waals surface area contributed by atoms with Gasteiger partial charge >= 0.3 is 0 Å². The molecule has 146 valence electrons. The van der Waals surface area contributed by atoms with E-state index in [4.69, 9.17) is 0 Å². The minimum atomic E-state index is -0.239. The highest BCUT2D eigenvalue weighted by Crippen LogP contribution is 2.33. The predicted octanol–water partition coefficient (Wildman–Crippen LogP) is 4.40. The SMILES string of the molecule is CC(C)(C)C(NC(=O)c1cccc(CN2C(=O)CSC2=O)c1)c1ccccc1. The fourth-order valence-electron chi connectivity index (χ4n) is 3.19. The molecule has 1 aliphatic heterocycles. The van der Waals surface area contributed by atoms with Crippen LogP contribution in [0.15, 0.2) is 54.6 Å². The van der Waals surface area contributed by atoms with Gasteiger partial charge in [0.2, 0.25) is 5.91 Å². The van der Waals surface area contributed by atoms with Gasteiger partial charge in [-0.2, -0.15) is 0 Å². The number of carbonyl (C=O) groups is 3. The lowest BCUT2D eigenvalue weighted by Crippen LogP contribution is -2.36. The second kappa shape index (κ2) is 8.19. The van der Waals surface area contributed by atoms with Crippen LogP contribution in [-0.4, -0.2) is 27.7 Å². The van der Waals surface area contributed by atoms with Gasteiger partial charge in [-0.3, -0.25) is 19.3 Å². The molecule has 0 spiro atoms. The maximum absolute atomic E-state index is 12.9. The van der Waals surface area contributed by atoms with Crippen LogP contribution in [0.3, 0.4) is 0 Å². The molecule has 1 heterocycles. The van der Waals surface area contributed by atoms with E-state index >= 15 is 0 Å². The molecule has 5 nitrogen and oxygen atoms in total. The Bertz CT molecular complexity index is 874. The molecule has 1 unspecified atom stereocenters. The van der Waals surface area contributed by atoms with Gasteiger partial charge in [0, 0.05) is 5.56 Å². The van der Waals surface area contributed by atoms with E-state index in [1.165, 1.54) is 4.90 Å². The Labute approximate surface area is 169 Å². The highest BCUT2D eigenvalue weighted by atomic mass is 32.2. The van der Waals surface area contributed by atoms with Crippen LogP contribution in [0.2, 0.25) is 0 Å². The third-order valence-corrected chi connectivity index (χ3v) is 5.50. The van der Waals surface area contributed by atoms with Gasteiger partial charge in [0.05, 0.1) is 18.3 Å². The molecule has 0 saturated carbocycles. The number of benzene rings is 2. The molecule has 3 amide bonds. The largest absolute Gasteiger partial charge is 0.345 e. The second-order valence-corrected chi connectivity index (χ2v) is 8.84. The average molecular weight is 397 g/mol. The lowest BCUT2D eigenvalue weighted by molar-refractivity contribution is -0.125. The molecule has 1 fully saturated rings. The fourth-order valence-corrected chi connectivity index (χ4v) is 3.91. The summed E-state index contributed by atoms with van der Waals surface area (Å²) < 4.78 is 0. The third-order valence-electron chi connectivity index (χ3n) is 4.64. The summed E-state index contributed by atoms with van der Waals surface area (Å²) >= 11 is 1.01. The first-order chi connectivity index (χ1) is 13.3. The topological polar surface area (TPSA) is 66.5 Å². The first-order valence-electron chi connectivity index (χ1n) is 9.17. The van der Waals surface area contributed by atoms with Crippen LogP contribution in [0, 0.1) is 5.41 Å². The standard InChI is InChI=1S/C22H24N2O3S/c1-22(2,3)19(16-9-5-4-6-10-16)23-20(26)17-11-7-8-15(12-17)13-24-18(25)14-28-21(24)27/h4-12,19H,13-14H2,1-3H3,(H,23,26). The van der Waals surface area contributed by atoms with Gasteiger partial charge in [-0.25, -0.2) is 0 Å². The van der Waals surface area contributed by atoms with Crippen molar-refractivity contribution in [3.05, 3.63) is 71.3 Å². The number of nitrogens with zero attached hydrogens (tertiary/aromatic N) is 1. The van der Waals surface area contributed by atoms with Crippen molar-refractivity contribution >= 4 is 28.8 Å². The summed E-state index contributed by atoms with van der Waals surface area (Å²) in [7, 11) is 0. The summed E-state index contributed by atoms with van der Waals surface area (Å²) in [5.41, 5.74) is 2.14. The van der Waals surface area contributed by atoms with Gasteiger partial charge in [0.1, 0.15) is 0 Å². The Morgan fingerprint density at radius 1 is 1.11 bits per heavy atom. The molecule has 0 aliphatic carbocycles. The van der Waals surface area contributed by atoms with Gasteiger partial charge in [-0.05, 0) is 28.7 Å². The summed E-state index contributed by atoms with van der Waals surface area (Å²) in [6, 6.07) is 16.8. The van der Waals surface area contributed by atoms with Crippen LogP contribution < -0.4 is 5.32 Å². The first kappa shape index (κ1) is 20.1. The summed E-state index contributed by atoms with van der Waals surface area (Å²) in [6.07, 6.45) is 0. The Balaban J connectivity index is 1.78. The van der Waals surface area contributed by atoms with Gasteiger partial charge in [0.25, 0.3) is 11.1 Å². The van der Waals surface area contributed by atoms with Crippen LogP contribution in [-0.2, 0) is 11.3 Å². The molecule has 2 aromatic rings. The zero-order valence-electron chi connectivity index (χ0n) is 16.3. The number of thioether (sulfide) groups is 1. The minimum Gasteiger partial charge on any atom is -0.345 e. The van der Waals surface area contributed by atoms with Crippen molar-refractivity contribution < 1.29 is 14.4 Å². The molecule has 6 heteroatoms. The number of hydrogen-bond acceptors (Lipinski definition) is 4. The van der Waals surface area contributed by atoms with E-state index in [0.29, 0.717) is 5.56 Å². The predicted molar refractivity (Wildman–Crippen MR) is 111 cm³/mol. The van der Waals surface area contributed by atoms with Crippen molar-refractivity contribution in [2.75, 3.05) is 5.75 Å². The smallest absolute Gasteiger partial charge is 0.289 e. The molecule has 2 aromatic carbocycles. The number of rotatable bonds is 5. The minimum absolute atomic E-state index is 0.150. The lowest BCUT2D eigenvalue weighted by atomic mass is 9.82. The molecule has 28 heavy (non-hydrogen) atoms. The van der Waals surface area contributed by atoms with E-state index in [2.05, 4.69) is 26.1 Å². The van der Waals surface area contributed by atoms with Crippen LogP contribution >= 0.6 is 11.8 Å². The summed E-state index contributed by atoms with van der Waals surface area (Å²) in [4.78, 5) is 37.8. The molecule has 0 aromatic heterocycles. The van der Waals surface area contributed by atoms with E-state index in [1.54, 1.807) is 18.2 Å². The number of imide groups is 1. The van der Waals surface area contributed by atoms with Crippen molar-refractivity contribution in [3.63, 3.8) is 0 Å². The zero-order valence-corrected chi connectivity index (χ0v) is 17.1. The van der Waals surface area contributed by atoms with Crippen molar-refractivity contribution in [3.8, 4) is 0 Å². The van der Waals surface area contributed by atoms with Crippen molar-refractivity contribution in [1.29, 1.82) is 0 Å². The third kappa shape index (κ3) is 4.62. The molecule has 1 atom stereocenters. The van der Waals surface area contributed by atoms with E-state index in [9.17, 15) is 14.4 Å². The Kier molecular flexibility index (Phi) is 5.89. The summed E-state index contributed by atoms with van der Waals surface area (Å²) in [5, 5.41) is 2.90. The van der Waals surface area contributed by atoms with E-state index in [1.807, 2.05) is 36.4 Å². The zero-order chi connectivity index (χ0) is 20.3. The Hall–Kier alpha value is -2.60. The summed E-state index contributed by atoms with van der Waals surface area (Å²) in [6.45, 7) is 6.45. The Morgan fingerprint density at radius 3 is 2.43 bits per heavy atom. The average Bonchev–Trinajstić information content (AvgIpc) is 2.98. The maximum Gasteiger partial charge on any atom is 0.289 e. The summed E-state index contributed by atoms with van der Waals surface area (Å²) in [5.74, 6) is -0.190. The number of amides is 3. The van der Waals surface area contributed by atoms with Gasteiger partial charge < -0.3 is 5.32 Å². The molecule has 1 N–H and O–H groups in total. The quantitative estimate of drug-likeness (QED) is 0.813. The van der Waals surface area contributed by atoms with Crippen molar-refractivity contribution in [1.82, 2.24) is 10.2 Å². The van der Waals surface area contributed by atoms with Gasteiger partial charge in [-0.1, -0.05) is 75.0 Å². The number of carbonyl (C=O) groups excluding carboxylic acids is 3. The second-order valence-electron chi connectivity index (χ2n) is 7.92. The number of nitrogens with one attached hydrogen (secondary N) is 1. The van der Waals surface area contributed by atoms with Gasteiger partial charge in [-0.15, -0.1) is 0 Å². The van der Waals surface area contributed by atoms with Crippen molar-refractivity contribution in [2.24, 2.45) is 5.41 Å². The molecule has 0 radical (unpaired) electrons. The molecule has 3 rings (SSSR count). The Morgan fingerprint density at radius 2 is 1.82 bits per heavy atom. The monoisotopic (exact) mass is 396 g/mol. The first-order valence-corrected chi connectivity index (χ1v) is 10.2. The normalized spacial score (nSPS) is 15.6. The molecular weight excluding hydrogens is 372 g/mol. The highest BCUT2D eigenvalue weighted by molar-refractivity contribution is 8.14. The molecule has 1 aliphatic rings. The fraction of sp³-hybridized carbons (Fsp3) is 0.318. The number of hydrogen-bond donors (Lipinski definition) is 1. The van der Waals surface area contributed by atoms with Crippen LogP contribution in [0.25, 0.3) is 0 Å². The molecule has 0 bridgehead atoms.